The molecule has 1 aromatic heterocycles. The molecule has 0 saturated carbocycles. The first-order valence-electron chi connectivity index (χ1n) is 6.48. The van der Waals surface area contributed by atoms with Crippen LogP contribution in [0.25, 0.3) is 0 Å². The average molecular weight is 297 g/mol. The molecular weight excluding hydrogens is 280 g/mol. The molecule has 0 aromatic carbocycles. The average Bonchev–Trinajstić information content (AvgIpc) is 2.41. The molecule has 0 aliphatic carbocycles. The Labute approximate surface area is 122 Å². The number of amides is 2. The molecule has 2 rings (SSSR count). The van der Waals surface area contributed by atoms with Gasteiger partial charge in [0.1, 0.15) is 5.15 Å². The molecule has 0 spiro atoms. The van der Waals surface area contributed by atoms with Crippen LogP contribution in [-0.2, 0) is 4.79 Å². The van der Waals surface area contributed by atoms with Gasteiger partial charge < -0.3 is 11.1 Å². The molecule has 0 bridgehead atoms. The van der Waals surface area contributed by atoms with Crippen LogP contribution in [0.3, 0.4) is 0 Å². The second-order valence-corrected chi connectivity index (χ2v) is 5.19. The van der Waals surface area contributed by atoms with Crippen LogP contribution in [0.5, 0.6) is 0 Å². The molecule has 1 aliphatic rings. The van der Waals surface area contributed by atoms with Crippen molar-refractivity contribution in [3.63, 3.8) is 0 Å². The Morgan fingerprint density at radius 1 is 1.45 bits per heavy atom. The lowest BCUT2D eigenvalue weighted by Gasteiger charge is -2.31. The number of nitrogens with two attached hydrogens (primary N) is 1. The minimum atomic E-state index is -0.324. The lowest BCUT2D eigenvalue weighted by Crippen LogP contribution is -2.46. The maximum absolute atomic E-state index is 12.1. The predicted octanol–water partition coefficient (Wildman–Crippen LogP) is 0.415. The van der Waals surface area contributed by atoms with Crippen LogP contribution in [0.2, 0.25) is 5.15 Å². The monoisotopic (exact) mass is 296 g/mol. The van der Waals surface area contributed by atoms with Gasteiger partial charge in [0.25, 0.3) is 5.91 Å². The van der Waals surface area contributed by atoms with Gasteiger partial charge in [0.2, 0.25) is 5.91 Å². The van der Waals surface area contributed by atoms with Crippen molar-refractivity contribution >= 4 is 23.4 Å². The van der Waals surface area contributed by atoms with E-state index >= 15 is 0 Å². The van der Waals surface area contributed by atoms with E-state index in [0.29, 0.717) is 5.56 Å². The van der Waals surface area contributed by atoms with Crippen LogP contribution in [0.4, 0.5) is 0 Å². The van der Waals surface area contributed by atoms with E-state index in [1.54, 1.807) is 18.3 Å². The number of halogens is 1. The lowest BCUT2D eigenvalue weighted by atomic mass is 10.0. The maximum atomic E-state index is 12.1. The number of primary amides is 1. The zero-order valence-electron chi connectivity index (χ0n) is 11.0. The summed E-state index contributed by atoms with van der Waals surface area (Å²) in [6, 6.07) is 3.41. The highest BCUT2D eigenvalue weighted by Gasteiger charge is 2.22. The number of piperidine rings is 1. The predicted molar refractivity (Wildman–Crippen MR) is 75.4 cm³/mol. The van der Waals surface area contributed by atoms with Crippen molar-refractivity contribution in [2.75, 3.05) is 19.6 Å². The zero-order valence-corrected chi connectivity index (χ0v) is 11.8. The molecule has 6 nitrogen and oxygen atoms in total. The number of carbonyl (C=O) groups is 2. The Morgan fingerprint density at radius 3 is 2.75 bits per heavy atom. The Kier molecular flexibility index (Phi) is 4.92. The summed E-state index contributed by atoms with van der Waals surface area (Å²) >= 11 is 5.89. The minimum absolute atomic E-state index is 0.0860. The molecule has 0 radical (unpaired) electrons. The Morgan fingerprint density at radius 2 is 2.15 bits per heavy atom. The first kappa shape index (κ1) is 14.7. The minimum Gasteiger partial charge on any atom is -0.369 e. The topological polar surface area (TPSA) is 88.3 Å². The van der Waals surface area contributed by atoms with Crippen LogP contribution in [0, 0.1) is 0 Å². The molecule has 0 unspecified atom stereocenters. The number of aromatic nitrogens is 1. The summed E-state index contributed by atoms with van der Waals surface area (Å²) < 4.78 is 0. The molecule has 20 heavy (non-hydrogen) atoms. The zero-order chi connectivity index (χ0) is 14.5. The van der Waals surface area contributed by atoms with Gasteiger partial charge in [-0.2, -0.15) is 0 Å². The Hall–Kier alpha value is -1.66. The standard InChI is InChI=1S/C13H17ClN4O2/c14-12-10(2-1-5-16-12)13(20)17-9-3-6-18(7-4-9)8-11(15)19/h1-2,5,9H,3-4,6-8H2,(H2,15,19)(H,17,20). The highest BCUT2D eigenvalue weighted by molar-refractivity contribution is 6.32. The summed E-state index contributed by atoms with van der Waals surface area (Å²) in [5.41, 5.74) is 5.54. The number of rotatable bonds is 4. The van der Waals surface area contributed by atoms with Crippen LogP contribution >= 0.6 is 11.6 Å². The van der Waals surface area contributed by atoms with E-state index in [1.807, 2.05) is 4.90 Å². The van der Waals surface area contributed by atoms with E-state index in [0.717, 1.165) is 25.9 Å². The number of hydrogen-bond donors (Lipinski definition) is 2. The summed E-state index contributed by atoms with van der Waals surface area (Å²) in [6.07, 6.45) is 3.12. The molecular formula is C13H17ClN4O2. The fraction of sp³-hybridized carbons (Fsp3) is 0.462. The van der Waals surface area contributed by atoms with E-state index in [9.17, 15) is 9.59 Å². The summed E-state index contributed by atoms with van der Waals surface area (Å²) in [6.45, 7) is 1.76. The van der Waals surface area contributed by atoms with Crippen LogP contribution < -0.4 is 11.1 Å². The van der Waals surface area contributed by atoms with Crippen LogP contribution in [-0.4, -0.2) is 47.4 Å². The Bertz CT molecular complexity index is 501. The van der Waals surface area contributed by atoms with Gasteiger partial charge in [-0.15, -0.1) is 0 Å². The molecule has 1 aromatic rings. The fourth-order valence-corrected chi connectivity index (χ4v) is 2.48. The summed E-state index contributed by atoms with van der Waals surface area (Å²) in [4.78, 5) is 28.8. The van der Waals surface area contributed by atoms with Gasteiger partial charge in [-0.05, 0) is 25.0 Å². The number of likely N-dealkylation sites (tertiary alicyclic amines) is 1. The lowest BCUT2D eigenvalue weighted by molar-refractivity contribution is -0.119. The van der Waals surface area contributed by atoms with E-state index in [1.165, 1.54) is 0 Å². The third-order valence-corrected chi connectivity index (χ3v) is 3.61. The second-order valence-electron chi connectivity index (χ2n) is 4.83. The van der Waals surface area contributed by atoms with Gasteiger partial charge in [0.15, 0.2) is 0 Å². The molecule has 7 heteroatoms. The SMILES string of the molecule is NC(=O)CN1CCC(NC(=O)c2cccnc2Cl)CC1. The van der Waals surface area contributed by atoms with Gasteiger partial charge in [-0.1, -0.05) is 11.6 Å². The van der Waals surface area contributed by atoms with E-state index in [4.69, 9.17) is 17.3 Å². The summed E-state index contributed by atoms with van der Waals surface area (Å²) in [7, 11) is 0. The fourth-order valence-electron chi connectivity index (χ4n) is 2.27. The van der Waals surface area contributed by atoms with Crippen molar-refractivity contribution < 1.29 is 9.59 Å². The maximum Gasteiger partial charge on any atom is 0.254 e. The molecule has 108 valence electrons. The van der Waals surface area contributed by atoms with E-state index in [2.05, 4.69) is 10.3 Å². The van der Waals surface area contributed by atoms with Gasteiger partial charge in [0, 0.05) is 25.3 Å². The highest BCUT2D eigenvalue weighted by atomic mass is 35.5. The first-order chi connectivity index (χ1) is 9.56. The van der Waals surface area contributed by atoms with Crippen molar-refractivity contribution in [3.8, 4) is 0 Å². The third-order valence-electron chi connectivity index (χ3n) is 3.31. The summed E-state index contributed by atoms with van der Waals surface area (Å²) in [5, 5.41) is 3.15. The van der Waals surface area contributed by atoms with Crippen molar-refractivity contribution in [1.29, 1.82) is 0 Å². The van der Waals surface area contributed by atoms with Gasteiger partial charge in [-0.3, -0.25) is 14.5 Å². The highest BCUT2D eigenvalue weighted by Crippen LogP contribution is 2.14. The van der Waals surface area contributed by atoms with Gasteiger partial charge >= 0.3 is 0 Å². The van der Waals surface area contributed by atoms with Crippen LogP contribution in [0.15, 0.2) is 18.3 Å². The largest absolute Gasteiger partial charge is 0.369 e. The second kappa shape index (κ2) is 6.67. The molecule has 1 saturated heterocycles. The van der Waals surface area contributed by atoms with Crippen molar-refractivity contribution in [2.24, 2.45) is 5.73 Å². The van der Waals surface area contributed by atoms with E-state index < -0.39 is 0 Å². The molecule has 3 N–H and O–H groups in total. The van der Waals surface area contributed by atoms with Crippen molar-refractivity contribution in [1.82, 2.24) is 15.2 Å². The quantitative estimate of drug-likeness (QED) is 0.788. The molecule has 2 heterocycles. The molecule has 2 amide bonds. The number of hydrogen-bond acceptors (Lipinski definition) is 4. The first-order valence-corrected chi connectivity index (χ1v) is 6.86. The number of carbonyl (C=O) groups excluding carboxylic acids is 2. The molecule has 1 fully saturated rings. The third kappa shape index (κ3) is 3.91. The van der Waals surface area contributed by atoms with Crippen molar-refractivity contribution in [2.45, 2.75) is 18.9 Å². The van der Waals surface area contributed by atoms with E-state index in [-0.39, 0.29) is 29.6 Å². The van der Waals surface area contributed by atoms with Crippen molar-refractivity contribution in [3.05, 3.63) is 29.0 Å². The Balaban J connectivity index is 1.85. The molecule has 1 aliphatic heterocycles. The number of nitrogens with zero attached hydrogens (tertiary/aromatic N) is 2. The van der Waals surface area contributed by atoms with Gasteiger partial charge in [0.05, 0.1) is 12.1 Å². The normalized spacial score (nSPS) is 16.9. The number of pyridine rings is 1. The summed E-state index contributed by atoms with van der Waals surface area (Å²) in [5.74, 6) is -0.536. The van der Waals surface area contributed by atoms with Crippen LogP contribution in [0.1, 0.15) is 23.2 Å². The smallest absolute Gasteiger partial charge is 0.254 e. The van der Waals surface area contributed by atoms with Gasteiger partial charge in [-0.25, -0.2) is 4.98 Å². The number of nitrogens with one attached hydrogen (secondary N) is 1. The molecule has 0 atom stereocenters.